The third-order valence-corrected chi connectivity index (χ3v) is 2.87. The van der Waals surface area contributed by atoms with Gasteiger partial charge in [-0.2, -0.15) is 0 Å². The molecule has 1 heterocycles. The molecule has 1 aromatic heterocycles. The SMILES string of the molecule is COC(=O)/C=C\C(C)c1c(C)cc(C)n1C. The fourth-order valence-electron chi connectivity index (χ4n) is 1.99. The van der Waals surface area contributed by atoms with Gasteiger partial charge in [0, 0.05) is 30.4 Å². The minimum absolute atomic E-state index is 0.206. The zero-order valence-electron chi connectivity index (χ0n) is 10.6. The summed E-state index contributed by atoms with van der Waals surface area (Å²) in [5, 5.41) is 0. The topological polar surface area (TPSA) is 31.2 Å². The molecule has 0 aliphatic heterocycles. The number of aryl methyl sites for hydroxylation is 2. The Bertz CT molecular complexity index is 416. The number of hydrogen-bond donors (Lipinski definition) is 0. The zero-order chi connectivity index (χ0) is 12.3. The average Bonchev–Trinajstić information content (AvgIpc) is 2.49. The van der Waals surface area contributed by atoms with E-state index in [0.29, 0.717) is 0 Å². The van der Waals surface area contributed by atoms with Crippen LogP contribution in [0, 0.1) is 13.8 Å². The van der Waals surface area contributed by atoms with Gasteiger partial charge in [0.2, 0.25) is 0 Å². The van der Waals surface area contributed by atoms with Crippen LogP contribution in [-0.2, 0) is 16.6 Å². The normalized spacial score (nSPS) is 13.1. The summed E-state index contributed by atoms with van der Waals surface area (Å²) in [6, 6.07) is 2.15. The second-order valence-corrected chi connectivity index (χ2v) is 4.08. The molecule has 0 bridgehead atoms. The molecule has 88 valence electrons. The first-order valence-corrected chi connectivity index (χ1v) is 5.36. The van der Waals surface area contributed by atoms with Crippen LogP contribution in [0.1, 0.15) is 29.8 Å². The van der Waals surface area contributed by atoms with Crippen molar-refractivity contribution >= 4 is 5.97 Å². The molecule has 0 N–H and O–H groups in total. The van der Waals surface area contributed by atoms with Gasteiger partial charge in [-0.25, -0.2) is 4.79 Å². The van der Waals surface area contributed by atoms with E-state index in [1.54, 1.807) is 0 Å². The first kappa shape index (κ1) is 12.6. The minimum Gasteiger partial charge on any atom is -0.466 e. The maximum absolute atomic E-state index is 11.0. The molecule has 16 heavy (non-hydrogen) atoms. The summed E-state index contributed by atoms with van der Waals surface area (Å²) < 4.78 is 6.72. The Morgan fingerprint density at radius 1 is 1.50 bits per heavy atom. The van der Waals surface area contributed by atoms with E-state index in [4.69, 9.17) is 0 Å². The van der Waals surface area contributed by atoms with Crippen molar-refractivity contribution < 1.29 is 9.53 Å². The van der Waals surface area contributed by atoms with Crippen LogP contribution in [0.2, 0.25) is 0 Å². The van der Waals surface area contributed by atoms with Gasteiger partial charge in [0.25, 0.3) is 0 Å². The highest BCUT2D eigenvalue weighted by Gasteiger charge is 2.11. The Kier molecular flexibility index (Phi) is 3.93. The fraction of sp³-hybridized carbons (Fsp3) is 0.462. The van der Waals surface area contributed by atoms with Crippen molar-refractivity contribution in [2.24, 2.45) is 7.05 Å². The van der Waals surface area contributed by atoms with Gasteiger partial charge >= 0.3 is 5.97 Å². The summed E-state index contributed by atoms with van der Waals surface area (Å²) in [5.41, 5.74) is 3.71. The molecule has 0 fully saturated rings. The first-order chi connectivity index (χ1) is 7.47. The van der Waals surface area contributed by atoms with Crippen LogP contribution in [0.25, 0.3) is 0 Å². The van der Waals surface area contributed by atoms with Crippen LogP contribution in [0.5, 0.6) is 0 Å². The predicted molar refractivity (Wildman–Crippen MR) is 64.5 cm³/mol. The molecule has 0 aliphatic carbocycles. The number of nitrogens with zero attached hydrogens (tertiary/aromatic N) is 1. The van der Waals surface area contributed by atoms with Crippen LogP contribution in [0.4, 0.5) is 0 Å². The van der Waals surface area contributed by atoms with Crippen LogP contribution in [0.15, 0.2) is 18.2 Å². The Labute approximate surface area is 96.7 Å². The van der Waals surface area contributed by atoms with Gasteiger partial charge in [0.1, 0.15) is 0 Å². The number of carbonyl (C=O) groups excluding carboxylic acids is 1. The van der Waals surface area contributed by atoms with Gasteiger partial charge in [-0.05, 0) is 25.5 Å². The van der Waals surface area contributed by atoms with Crippen LogP contribution < -0.4 is 0 Å². The van der Waals surface area contributed by atoms with E-state index in [9.17, 15) is 4.79 Å². The van der Waals surface area contributed by atoms with Crippen molar-refractivity contribution in [3.8, 4) is 0 Å². The van der Waals surface area contributed by atoms with Crippen molar-refractivity contribution in [2.45, 2.75) is 26.7 Å². The number of aromatic nitrogens is 1. The highest BCUT2D eigenvalue weighted by Crippen LogP contribution is 2.23. The number of hydrogen-bond acceptors (Lipinski definition) is 2. The molecule has 0 aliphatic rings. The molecule has 3 nitrogen and oxygen atoms in total. The summed E-state index contributed by atoms with van der Waals surface area (Å²) in [4.78, 5) is 11.0. The minimum atomic E-state index is -0.310. The van der Waals surface area contributed by atoms with Crippen molar-refractivity contribution in [3.63, 3.8) is 0 Å². The van der Waals surface area contributed by atoms with Crippen molar-refractivity contribution in [1.29, 1.82) is 0 Å². The Balaban J connectivity index is 2.92. The van der Waals surface area contributed by atoms with Crippen LogP contribution >= 0.6 is 0 Å². The van der Waals surface area contributed by atoms with Crippen molar-refractivity contribution in [3.05, 3.63) is 35.2 Å². The Hall–Kier alpha value is -1.51. The van der Waals surface area contributed by atoms with Crippen LogP contribution in [-0.4, -0.2) is 17.6 Å². The summed E-state index contributed by atoms with van der Waals surface area (Å²) in [6.45, 7) is 6.24. The summed E-state index contributed by atoms with van der Waals surface area (Å²) in [7, 11) is 3.43. The van der Waals surface area contributed by atoms with Gasteiger partial charge in [0.05, 0.1) is 7.11 Å². The lowest BCUT2D eigenvalue weighted by Crippen LogP contribution is -2.03. The molecule has 0 amide bonds. The molecule has 1 unspecified atom stereocenters. The summed E-state index contributed by atoms with van der Waals surface area (Å²) in [6.07, 6.45) is 3.35. The summed E-state index contributed by atoms with van der Waals surface area (Å²) in [5.74, 6) is -0.103. The number of methoxy groups -OCH3 is 1. The number of allylic oxidation sites excluding steroid dienone is 1. The summed E-state index contributed by atoms with van der Waals surface area (Å²) >= 11 is 0. The molecule has 0 aromatic carbocycles. The lowest BCUT2D eigenvalue weighted by atomic mass is 10.0. The van der Waals surface area contributed by atoms with E-state index < -0.39 is 0 Å². The first-order valence-electron chi connectivity index (χ1n) is 5.36. The van der Waals surface area contributed by atoms with E-state index in [1.165, 1.54) is 30.1 Å². The zero-order valence-corrected chi connectivity index (χ0v) is 10.6. The highest BCUT2D eigenvalue weighted by molar-refractivity contribution is 5.81. The standard InChI is InChI=1S/C13H19NO2/c1-9(6-7-12(15)16-5)13-10(2)8-11(3)14(13)4/h6-9H,1-5H3/b7-6-. The maximum atomic E-state index is 11.0. The number of esters is 1. The lowest BCUT2D eigenvalue weighted by molar-refractivity contribution is -0.134. The van der Waals surface area contributed by atoms with E-state index in [1.807, 2.05) is 13.1 Å². The molecule has 1 atom stereocenters. The molecule has 0 saturated heterocycles. The quantitative estimate of drug-likeness (QED) is 0.580. The maximum Gasteiger partial charge on any atom is 0.330 e. The lowest BCUT2D eigenvalue weighted by Gasteiger charge is -2.11. The molecule has 0 spiro atoms. The van der Waals surface area contributed by atoms with Gasteiger partial charge in [-0.3, -0.25) is 0 Å². The molecule has 0 saturated carbocycles. The largest absolute Gasteiger partial charge is 0.466 e. The number of rotatable bonds is 3. The van der Waals surface area contributed by atoms with Crippen LogP contribution in [0.3, 0.4) is 0 Å². The van der Waals surface area contributed by atoms with Gasteiger partial charge in [-0.15, -0.1) is 0 Å². The monoisotopic (exact) mass is 221 g/mol. The molecular weight excluding hydrogens is 202 g/mol. The molecule has 1 aromatic rings. The fourth-order valence-corrected chi connectivity index (χ4v) is 1.99. The van der Waals surface area contributed by atoms with E-state index in [0.717, 1.165) is 0 Å². The smallest absolute Gasteiger partial charge is 0.330 e. The van der Waals surface area contributed by atoms with Crippen molar-refractivity contribution in [2.75, 3.05) is 7.11 Å². The Morgan fingerprint density at radius 2 is 2.12 bits per heavy atom. The number of ether oxygens (including phenoxy) is 1. The molecule has 0 radical (unpaired) electrons. The Morgan fingerprint density at radius 3 is 2.56 bits per heavy atom. The third-order valence-electron chi connectivity index (χ3n) is 2.87. The van der Waals surface area contributed by atoms with E-state index in [-0.39, 0.29) is 11.9 Å². The van der Waals surface area contributed by atoms with E-state index >= 15 is 0 Å². The predicted octanol–water partition coefficient (Wildman–Crippen LogP) is 2.47. The van der Waals surface area contributed by atoms with Crippen molar-refractivity contribution in [1.82, 2.24) is 4.57 Å². The number of carbonyl (C=O) groups is 1. The van der Waals surface area contributed by atoms with Gasteiger partial charge in [0.15, 0.2) is 0 Å². The molecular formula is C13H19NO2. The average molecular weight is 221 g/mol. The van der Waals surface area contributed by atoms with E-state index in [2.05, 4.69) is 36.1 Å². The molecule has 3 heteroatoms. The second-order valence-electron chi connectivity index (χ2n) is 4.08. The second kappa shape index (κ2) is 5.01. The third kappa shape index (κ3) is 2.54. The highest BCUT2D eigenvalue weighted by atomic mass is 16.5. The van der Waals surface area contributed by atoms with Gasteiger partial charge < -0.3 is 9.30 Å². The molecule has 1 rings (SSSR count). The van der Waals surface area contributed by atoms with Gasteiger partial charge in [-0.1, -0.05) is 13.0 Å².